The van der Waals surface area contributed by atoms with E-state index in [1.807, 2.05) is 6.07 Å². The zero-order valence-corrected chi connectivity index (χ0v) is 10.3. The largest absolute Gasteiger partial charge is 0.497 e. The molecule has 1 saturated heterocycles. The molecule has 5 nitrogen and oxygen atoms in total. The van der Waals surface area contributed by atoms with Crippen molar-refractivity contribution in [1.29, 1.82) is 5.26 Å². The molecule has 5 heteroatoms. The lowest BCUT2D eigenvalue weighted by Gasteiger charge is -2.13. The molecule has 1 aromatic carbocycles. The SMILES string of the molecule is COc1cc(C#N)cc(OC2CCN(C)C2=O)c1. The van der Waals surface area contributed by atoms with Crippen molar-refractivity contribution >= 4 is 5.91 Å². The van der Waals surface area contributed by atoms with Crippen LogP contribution < -0.4 is 9.47 Å². The van der Waals surface area contributed by atoms with Gasteiger partial charge in [0.1, 0.15) is 11.5 Å². The molecular formula is C13H14N2O3. The molecule has 1 aromatic rings. The van der Waals surface area contributed by atoms with E-state index in [1.54, 1.807) is 30.1 Å². The zero-order chi connectivity index (χ0) is 13.1. The lowest BCUT2D eigenvalue weighted by atomic mass is 10.2. The Labute approximate surface area is 106 Å². The van der Waals surface area contributed by atoms with Crippen LogP contribution in [0.5, 0.6) is 11.5 Å². The average molecular weight is 246 g/mol. The van der Waals surface area contributed by atoms with Crippen LogP contribution in [0.25, 0.3) is 0 Å². The molecule has 0 bridgehead atoms. The molecule has 1 atom stereocenters. The first-order chi connectivity index (χ1) is 8.63. The second-order valence-electron chi connectivity index (χ2n) is 4.16. The molecule has 0 aromatic heterocycles. The second-order valence-corrected chi connectivity index (χ2v) is 4.16. The zero-order valence-electron chi connectivity index (χ0n) is 10.3. The second kappa shape index (κ2) is 4.96. The van der Waals surface area contributed by atoms with Crippen molar-refractivity contribution in [3.05, 3.63) is 23.8 Å². The summed E-state index contributed by atoms with van der Waals surface area (Å²) in [7, 11) is 3.27. The molecule has 1 heterocycles. The number of benzene rings is 1. The minimum Gasteiger partial charge on any atom is -0.497 e. The van der Waals surface area contributed by atoms with Crippen LogP contribution in [0.4, 0.5) is 0 Å². The van der Waals surface area contributed by atoms with Gasteiger partial charge in [-0.25, -0.2) is 0 Å². The number of methoxy groups -OCH3 is 1. The molecule has 0 saturated carbocycles. The lowest BCUT2D eigenvalue weighted by Crippen LogP contribution is -2.29. The van der Waals surface area contributed by atoms with Gasteiger partial charge in [0.25, 0.3) is 5.91 Å². The van der Waals surface area contributed by atoms with Crippen LogP contribution in [0.2, 0.25) is 0 Å². The first-order valence-corrected chi connectivity index (χ1v) is 5.65. The number of nitrogens with zero attached hydrogens (tertiary/aromatic N) is 2. The van der Waals surface area contributed by atoms with Crippen LogP contribution in [0, 0.1) is 11.3 Å². The standard InChI is InChI=1S/C13H14N2O3/c1-15-4-3-12(13(15)16)18-11-6-9(8-14)5-10(7-11)17-2/h5-7,12H,3-4H2,1-2H3. The highest BCUT2D eigenvalue weighted by Gasteiger charge is 2.30. The molecule has 0 aliphatic carbocycles. The smallest absolute Gasteiger partial charge is 0.263 e. The summed E-state index contributed by atoms with van der Waals surface area (Å²) in [6.45, 7) is 0.693. The molecule has 94 valence electrons. The van der Waals surface area contributed by atoms with E-state index in [2.05, 4.69) is 0 Å². The summed E-state index contributed by atoms with van der Waals surface area (Å²) in [6, 6.07) is 6.93. The topological polar surface area (TPSA) is 62.6 Å². The van der Waals surface area contributed by atoms with E-state index in [1.165, 1.54) is 7.11 Å². The van der Waals surface area contributed by atoms with Crippen molar-refractivity contribution < 1.29 is 14.3 Å². The maximum atomic E-state index is 11.7. The highest BCUT2D eigenvalue weighted by Crippen LogP contribution is 2.25. The first kappa shape index (κ1) is 12.2. The third-order valence-electron chi connectivity index (χ3n) is 2.90. The van der Waals surface area contributed by atoms with Gasteiger partial charge in [-0.2, -0.15) is 5.26 Å². The molecular weight excluding hydrogens is 232 g/mol. The maximum Gasteiger partial charge on any atom is 0.263 e. The molecule has 0 N–H and O–H groups in total. The van der Waals surface area contributed by atoms with Crippen LogP contribution in [0.15, 0.2) is 18.2 Å². The molecule has 1 amide bonds. The Kier molecular flexibility index (Phi) is 3.38. The first-order valence-electron chi connectivity index (χ1n) is 5.65. The Morgan fingerprint density at radius 1 is 1.39 bits per heavy atom. The van der Waals surface area contributed by atoms with Gasteiger partial charge >= 0.3 is 0 Å². The highest BCUT2D eigenvalue weighted by molar-refractivity contribution is 5.83. The minimum atomic E-state index is -0.464. The number of amides is 1. The van der Waals surface area contributed by atoms with E-state index in [0.29, 0.717) is 30.0 Å². The van der Waals surface area contributed by atoms with E-state index < -0.39 is 6.10 Å². The number of hydrogen-bond acceptors (Lipinski definition) is 4. The summed E-state index contributed by atoms with van der Waals surface area (Å²) in [6.07, 6.45) is 0.197. The summed E-state index contributed by atoms with van der Waals surface area (Å²) in [5.41, 5.74) is 0.447. The Hall–Kier alpha value is -2.22. The van der Waals surface area contributed by atoms with Crippen molar-refractivity contribution in [2.75, 3.05) is 20.7 Å². The lowest BCUT2D eigenvalue weighted by molar-refractivity contribution is -0.132. The van der Waals surface area contributed by atoms with Gasteiger partial charge in [0.2, 0.25) is 0 Å². The third-order valence-corrected chi connectivity index (χ3v) is 2.90. The van der Waals surface area contributed by atoms with Crippen LogP contribution in [0.1, 0.15) is 12.0 Å². The van der Waals surface area contributed by atoms with Gasteiger partial charge in [-0.1, -0.05) is 0 Å². The van der Waals surface area contributed by atoms with Gasteiger partial charge in [-0.15, -0.1) is 0 Å². The van der Waals surface area contributed by atoms with E-state index in [0.717, 1.165) is 0 Å². The Bertz CT molecular complexity index is 507. The van der Waals surface area contributed by atoms with Gasteiger partial charge in [0.05, 0.1) is 18.7 Å². The molecule has 2 rings (SSSR count). The van der Waals surface area contributed by atoms with Gasteiger partial charge in [-0.05, 0) is 12.1 Å². The number of likely N-dealkylation sites (tertiary alicyclic amines) is 1. The average Bonchev–Trinajstić information content (AvgIpc) is 2.70. The summed E-state index contributed by atoms with van der Waals surface area (Å²) in [5.74, 6) is 0.999. The summed E-state index contributed by atoms with van der Waals surface area (Å²) < 4.78 is 10.7. The molecule has 0 spiro atoms. The molecule has 0 radical (unpaired) electrons. The van der Waals surface area contributed by atoms with Crippen LogP contribution >= 0.6 is 0 Å². The predicted molar refractivity (Wildman–Crippen MR) is 64.4 cm³/mol. The predicted octanol–water partition coefficient (Wildman–Crippen LogP) is 1.18. The van der Waals surface area contributed by atoms with E-state index in [4.69, 9.17) is 14.7 Å². The van der Waals surface area contributed by atoms with Crippen LogP contribution in [0.3, 0.4) is 0 Å². The number of carbonyl (C=O) groups is 1. The Morgan fingerprint density at radius 2 is 2.11 bits per heavy atom. The molecule has 1 aliphatic rings. The fraction of sp³-hybridized carbons (Fsp3) is 0.385. The highest BCUT2D eigenvalue weighted by atomic mass is 16.5. The van der Waals surface area contributed by atoms with Gasteiger partial charge in [0, 0.05) is 26.1 Å². The van der Waals surface area contributed by atoms with Crippen LogP contribution in [-0.2, 0) is 4.79 Å². The monoisotopic (exact) mass is 246 g/mol. The number of carbonyl (C=O) groups excluding carboxylic acids is 1. The Balaban J connectivity index is 2.19. The number of nitriles is 1. The molecule has 1 unspecified atom stereocenters. The number of ether oxygens (including phenoxy) is 2. The number of hydrogen-bond donors (Lipinski definition) is 0. The van der Waals surface area contributed by atoms with E-state index in [-0.39, 0.29) is 5.91 Å². The normalized spacial score (nSPS) is 18.6. The van der Waals surface area contributed by atoms with Gasteiger partial charge < -0.3 is 14.4 Å². The number of likely N-dealkylation sites (N-methyl/N-ethyl adjacent to an activating group) is 1. The summed E-state index contributed by atoms with van der Waals surface area (Å²) in [5, 5.41) is 8.90. The van der Waals surface area contributed by atoms with Crippen molar-refractivity contribution in [2.45, 2.75) is 12.5 Å². The Morgan fingerprint density at radius 3 is 2.67 bits per heavy atom. The quantitative estimate of drug-likeness (QED) is 0.803. The van der Waals surface area contributed by atoms with Gasteiger partial charge in [0.15, 0.2) is 6.10 Å². The fourth-order valence-corrected chi connectivity index (χ4v) is 1.89. The molecule has 1 fully saturated rings. The van der Waals surface area contributed by atoms with Crippen molar-refractivity contribution in [3.8, 4) is 17.6 Å². The summed E-state index contributed by atoms with van der Waals surface area (Å²) in [4.78, 5) is 13.4. The van der Waals surface area contributed by atoms with Crippen LogP contribution in [-0.4, -0.2) is 37.6 Å². The minimum absolute atomic E-state index is 0.0312. The van der Waals surface area contributed by atoms with E-state index >= 15 is 0 Å². The van der Waals surface area contributed by atoms with E-state index in [9.17, 15) is 4.79 Å². The number of rotatable bonds is 3. The van der Waals surface area contributed by atoms with Crippen molar-refractivity contribution in [2.24, 2.45) is 0 Å². The van der Waals surface area contributed by atoms with Crippen molar-refractivity contribution in [1.82, 2.24) is 4.90 Å². The summed E-state index contributed by atoms with van der Waals surface area (Å²) >= 11 is 0. The van der Waals surface area contributed by atoms with Gasteiger partial charge in [-0.3, -0.25) is 4.79 Å². The van der Waals surface area contributed by atoms with Crippen molar-refractivity contribution in [3.63, 3.8) is 0 Å². The molecule has 1 aliphatic heterocycles. The third kappa shape index (κ3) is 2.38. The fourth-order valence-electron chi connectivity index (χ4n) is 1.89. The maximum absolute atomic E-state index is 11.7. The molecule has 18 heavy (non-hydrogen) atoms.